The molecule has 0 saturated carbocycles. The van der Waals surface area contributed by atoms with E-state index in [-0.39, 0.29) is 5.88 Å². The van der Waals surface area contributed by atoms with Crippen molar-refractivity contribution in [3.63, 3.8) is 0 Å². The number of hydrogen-bond acceptors (Lipinski definition) is 6. The minimum absolute atomic E-state index is 0.101. The highest BCUT2D eigenvalue weighted by molar-refractivity contribution is 5.87. The smallest absolute Gasteiger partial charge is 0.256 e. The van der Waals surface area contributed by atoms with Crippen molar-refractivity contribution in [1.82, 2.24) is 24.7 Å². The molecule has 0 bridgehead atoms. The number of H-pyrrole nitrogens is 1. The van der Waals surface area contributed by atoms with Crippen molar-refractivity contribution < 1.29 is 14.6 Å². The summed E-state index contributed by atoms with van der Waals surface area (Å²) in [4.78, 5) is 8.91. The van der Waals surface area contributed by atoms with E-state index < -0.39 is 0 Å². The molecule has 8 nitrogen and oxygen atoms in total. The van der Waals surface area contributed by atoms with Crippen LogP contribution in [0.1, 0.15) is 12.6 Å². The van der Waals surface area contributed by atoms with Crippen molar-refractivity contribution in [2.45, 2.75) is 13.3 Å². The Morgan fingerprint density at radius 2 is 2.04 bits per heavy atom. The van der Waals surface area contributed by atoms with E-state index in [9.17, 15) is 5.11 Å². The molecule has 0 fully saturated rings. The molecule has 0 saturated heterocycles. The van der Waals surface area contributed by atoms with E-state index in [1.807, 2.05) is 31.2 Å². The number of aryl methyl sites for hydroxylation is 1. The predicted octanol–water partition coefficient (Wildman–Crippen LogP) is 3.10. The van der Waals surface area contributed by atoms with Gasteiger partial charge >= 0.3 is 0 Å². The Bertz CT molecular complexity index is 1120. The van der Waals surface area contributed by atoms with Gasteiger partial charge in [-0.05, 0) is 24.6 Å². The summed E-state index contributed by atoms with van der Waals surface area (Å²) in [5.74, 6) is 1.66. The lowest BCUT2D eigenvalue weighted by atomic mass is 10.1. The highest BCUT2D eigenvalue weighted by atomic mass is 16.5. The molecule has 4 aromatic heterocycles. The molecule has 4 rings (SSSR count). The maximum Gasteiger partial charge on any atom is 0.256 e. The third kappa shape index (κ3) is 2.84. The van der Waals surface area contributed by atoms with Crippen LogP contribution < -0.4 is 9.47 Å². The zero-order chi connectivity index (χ0) is 19.0. The Labute approximate surface area is 155 Å². The second kappa shape index (κ2) is 6.64. The van der Waals surface area contributed by atoms with E-state index in [0.29, 0.717) is 34.0 Å². The molecule has 0 aliphatic heterocycles. The Morgan fingerprint density at radius 1 is 1.19 bits per heavy atom. The average Bonchev–Trinajstić information content (AvgIpc) is 3.31. The number of ether oxygens (including phenoxy) is 2. The number of hydrogen-bond donors (Lipinski definition) is 2. The maximum atomic E-state index is 10.6. The summed E-state index contributed by atoms with van der Waals surface area (Å²) in [5, 5.41) is 18.4. The Morgan fingerprint density at radius 3 is 2.74 bits per heavy atom. The molecule has 2 N–H and O–H groups in total. The van der Waals surface area contributed by atoms with Crippen LogP contribution in [0.15, 0.2) is 36.7 Å². The summed E-state index contributed by atoms with van der Waals surface area (Å²) in [7, 11) is 3.10. The van der Waals surface area contributed by atoms with Crippen molar-refractivity contribution >= 4 is 10.9 Å². The molecule has 0 spiro atoms. The number of nitrogens with one attached hydrogen (secondary N) is 1. The van der Waals surface area contributed by atoms with Crippen LogP contribution in [0.25, 0.3) is 28.0 Å². The first kappa shape index (κ1) is 16.9. The van der Waals surface area contributed by atoms with E-state index >= 15 is 0 Å². The van der Waals surface area contributed by atoms with Gasteiger partial charge in [-0.15, -0.1) is 0 Å². The van der Waals surface area contributed by atoms with E-state index in [4.69, 9.17) is 9.47 Å². The van der Waals surface area contributed by atoms with Crippen molar-refractivity contribution in [3.05, 3.63) is 42.4 Å². The van der Waals surface area contributed by atoms with Gasteiger partial charge in [-0.2, -0.15) is 5.10 Å². The van der Waals surface area contributed by atoms with Crippen LogP contribution in [-0.2, 0) is 6.42 Å². The van der Waals surface area contributed by atoms with Crippen LogP contribution in [0.5, 0.6) is 17.5 Å². The van der Waals surface area contributed by atoms with Gasteiger partial charge in [-0.1, -0.05) is 6.92 Å². The molecule has 0 aliphatic carbocycles. The highest BCUT2D eigenvalue weighted by Gasteiger charge is 2.15. The zero-order valence-corrected chi connectivity index (χ0v) is 15.2. The second-order valence-corrected chi connectivity index (χ2v) is 5.99. The number of nitrogens with zero attached hydrogens (tertiary/aromatic N) is 4. The molecule has 0 atom stereocenters. The van der Waals surface area contributed by atoms with E-state index in [2.05, 4.69) is 20.2 Å². The van der Waals surface area contributed by atoms with Crippen LogP contribution in [0, 0.1) is 0 Å². The molecule has 27 heavy (non-hydrogen) atoms. The monoisotopic (exact) mass is 365 g/mol. The molecule has 4 heterocycles. The van der Waals surface area contributed by atoms with Gasteiger partial charge in [0.1, 0.15) is 0 Å². The van der Waals surface area contributed by atoms with Crippen LogP contribution >= 0.6 is 0 Å². The summed E-state index contributed by atoms with van der Waals surface area (Å²) in [6, 6.07) is 7.38. The molecule has 0 amide bonds. The Kier molecular flexibility index (Phi) is 4.15. The molecule has 0 aliphatic rings. The number of fused-ring (bicyclic) bond motifs is 1. The Balaban J connectivity index is 1.79. The highest BCUT2D eigenvalue weighted by Crippen LogP contribution is 2.33. The summed E-state index contributed by atoms with van der Waals surface area (Å²) in [5.41, 5.74) is 3.15. The van der Waals surface area contributed by atoms with Gasteiger partial charge in [-0.25, -0.2) is 9.97 Å². The minimum Gasteiger partial charge on any atom is -0.494 e. The third-order valence-corrected chi connectivity index (χ3v) is 4.42. The second-order valence-electron chi connectivity index (χ2n) is 5.99. The number of rotatable bonds is 5. The number of aromatic amines is 1. The zero-order valence-electron chi connectivity index (χ0n) is 15.2. The van der Waals surface area contributed by atoms with E-state index in [1.165, 1.54) is 0 Å². The van der Waals surface area contributed by atoms with Gasteiger partial charge < -0.3 is 14.6 Å². The molecule has 8 heteroatoms. The van der Waals surface area contributed by atoms with Crippen molar-refractivity contribution in [3.8, 4) is 34.6 Å². The standard InChI is InChI=1S/C19H19N5O3/c1-4-12-8-17(23-22-12)24-10-15-13(19(24)25)5-6-14(21-15)11-7-16(26-2)18(27-3)20-9-11/h5-10,25H,4H2,1-3H3,(H,22,23). The minimum atomic E-state index is 0.101. The van der Waals surface area contributed by atoms with Gasteiger partial charge in [0.05, 0.1) is 30.8 Å². The van der Waals surface area contributed by atoms with Gasteiger partial charge in [0.15, 0.2) is 11.6 Å². The molecule has 138 valence electrons. The van der Waals surface area contributed by atoms with Crippen LogP contribution in [-0.4, -0.2) is 44.1 Å². The molecular weight excluding hydrogens is 346 g/mol. The fourth-order valence-electron chi connectivity index (χ4n) is 2.94. The fraction of sp³-hybridized carbons (Fsp3) is 0.211. The number of aromatic hydroxyl groups is 1. The lowest BCUT2D eigenvalue weighted by Gasteiger charge is -2.08. The summed E-state index contributed by atoms with van der Waals surface area (Å²) >= 11 is 0. The van der Waals surface area contributed by atoms with Crippen LogP contribution in [0.3, 0.4) is 0 Å². The van der Waals surface area contributed by atoms with Crippen molar-refractivity contribution in [2.24, 2.45) is 0 Å². The van der Waals surface area contributed by atoms with Crippen LogP contribution in [0.2, 0.25) is 0 Å². The molecule has 0 radical (unpaired) electrons. The van der Waals surface area contributed by atoms with Gasteiger partial charge in [0.2, 0.25) is 5.88 Å². The summed E-state index contributed by atoms with van der Waals surface area (Å²) < 4.78 is 12.1. The first-order valence-corrected chi connectivity index (χ1v) is 8.48. The fourth-order valence-corrected chi connectivity index (χ4v) is 2.94. The summed E-state index contributed by atoms with van der Waals surface area (Å²) in [6.45, 7) is 2.04. The summed E-state index contributed by atoms with van der Waals surface area (Å²) in [6.07, 6.45) is 4.27. The van der Waals surface area contributed by atoms with Gasteiger partial charge in [-0.3, -0.25) is 9.67 Å². The van der Waals surface area contributed by atoms with Gasteiger partial charge in [0.25, 0.3) is 5.88 Å². The van der Waals surface area contributed by atoms with Gasteiger partial charge in [0, 0.05) is 29.7 Å². The van der Waals surface area contributed by atoms with E-state index in [0.717, 1.165) is 17.7 Å². The first-order valence-electron chi connectivity index (χ1n) is 8.48. The Hall–Kier alpha value is -3.55. The normalized spacial score (nSPS) is 11.1. The first-order chi connectivity index (χ1) is 13.1. The number of aromatic nitrogens is 5. The molecule has 4 aromatic rings. The molecule has 0 aromatic carbocycles. The molecular formula is C19H19N5O3. The maximum absolute atomic E-state index is 10.6. The van der Waals surface area contributed by atoms with E-state index in [1.54, 1.807) is 31.2 Å². The topological polar surface area (TPSA) is 98.1 Å². The van der Waals surface area contributed by atoms with Crippen molar-refractivity contribution in [2.75, 3.05) is 14.2 Å². The number of methoxy groups -OCH3 is 2. The lowest BCUT2D eigenvalue weighted by molar-refractivity contribution is 0.343. The quantitative estimate of drug-likeness (QED) is 0.564. The SMILES string of the molecule is CCc1cc(-n2cc3nc(-c4cnc(OC)c(OC)c4)ccc3c2O)n[nH]1. The van der Waals surface area contributed by atoms with Crippen molar-refractivity contribution in [1.29, 1.82) is 0 Å². The predicted molar refractivity (Wildman–Crippen MR) is 101 cm³/mol. The number of pyridine rings is 2. The third-order valence-electron chi connectivity index (χ3n) is 4.42. The largest absolute Gasteiger partial charge is 0.494 e. The van der Waals surface area contributed by atoms with Crippen LogP contribution in [0.4, 0.5) is 0 Å². The lowest BCUT2D eigenvalue weighted by Crippen LogP contribution is -1.94. The average molecular weight is 365 g/mol. The molecule has 0 unspecified atom stereocenters.